The molecule has 0 heterocycles. The minimum atomic E-state index is -1.16. The normalized spacial score (nSPS) is 25.9. The molecule has 0 amide bonds. The quantitative estimate of drug-likeness (QED) is 0.459. The lowest BCUT2D eigenvalue weighted by Crippen LogP contribution is -2.49. The van der Waals surface area contributed by atoms with E-state index in [-0.39, 0.29) is 5.78 Å². The molecule has 1 aliphatic carbocycles. The summed E-state index contributed by atoms with van der Waals surface area (Å²) in [6.45, 7) is 9.58. The third-order valence-corrected chi connectivity index (χ3v) is 4.69. The Labute approximate surface area is 133 Å². The van der Waals surface area contributed by atoms with Crippen LogP contribution in [0.4, 0.5) is 0 Å². The second-order valence-corrected chi connectivity index (χ2v) is 6.84. The molecule has 122 valence electrons. The first-order chi connectivity index (χ1) is 10.2. The first-order valence-corrected chi connectivity index (χ1v) is 7.96. The highest BCUT2D eigenvalue weighted by Gasteiger charge is 2.49. The van der Waals surface area contributed by atoms with Gasteiger partial charge in [0.1, 0.15) is 11.9 Å². The summed E-state index contributed by atoms with van der Waals surface area (Å²) in [6.07, 6.45) is 8.69. The molecule has 22 heavy (non-hydrogen) atoms. The highest BCUT2D eigenvalue weighted by atomic mass is 16.3. The number of hydrogen-bond donors (Lipinski definition) is 1. The first kappa shape index (κ1) is 18.6. The van der Waals surface area contributed by atoms with Gasteiger partial charge in [0, 0.05) is 11.8 Å². The molecule has 3 nitrogen and oxygen atoms in total. The lowest BCUT2D eigenvalue weighted by Gasteiger charge is -2.46. The predicted octanol–water partition coefficient (Wildman–Crippen LogP) is 3.92. The Balaban J connectivity index is 3.31. The van der Waals surface area contributed by atoms with E-state index in [1.165, 1.54) is 6.08 Å². The van der Waals surface area contributed by atoms with Gasteiger partial charge in [0.25, 0.3) is 0 Å². The van der Waals surface area contributed by atoms with Crippen molar-refractivity contribution in [3.8, 4) is 0 Å². The first-order valence-electron chi connectivity index (χ1n) is 7.96. The van der Waals surface area contributed by atoms with Crippen LogP contribution in [0.5, 0.6) is 0 Å². The molecule has 0 radical (unpaired) electrons. The molecule has 0 fully saturated rings. The van der Waals surface area contributed by atoms with Crippen molar-refractivity contribution in [3.63, 3.8) is 0 Å². The van der Waals surface area contributed by atoms with Crippen molar-refractivity contribution >= 4 is 12.1 Å². The van der Waals surface area contributed by atoms with Gasteiger partial charge < -0.3 is 5.11 Å². The largest absolute Gasteiger partial charge is 0.381 e. The molecule has 0 saturated carbocycles. The fraction of sp³-hybridized carbons (Fsp3) is 0.579. The number of hydrogen-bond acceptors (Lipinski definition) is 3. The van der Waals surface area contributed by atoms with Crippen molar-refractivity contribution in [3.05, 3.63) is 34.9 Å². The summed E-state index contributed by atoms with van der Waals surface area (Å²) in [6, 6.07) is 0. The monoisotopic (exact) mass is 304 g/mol. The van der Waals surface area contributed by atoms with Crippen molar-refractivity contribution in [1.82, 2.24) is 0 Å². The number of Topliss-reactive ketones (excluding diaryl/α,β-unsaturated/α-hetero) is 1. The number of aliphatic hydroxyl groups is 1. The summed E-state index contributed by atoms with van der Waals surface area (Å²) >= 11 is 0. The van der Waals surface area contributed by atoms with Gasteiger partial charge in [-0.2, -0.15) is 0 Å². The molecular formula is C19H28O3. The van der Waals surface area contributed by atoms with E-state index in [4.69, 9.17) is 0 Å². The zero-order valence-electron chi connectivity index (χ0n) is 14.4. The van der Waals surface area contributed by atoms with Gasteiger partial charge in [-0.05, 0) is 55.6 Å². The smallest absolute Gasteiger partial charge is 0.159 e. The van der Waals surface area contributed by atoms with E-state index < -0.39 is 11.0 Å². The Kier molecular flexibility index (Phi) is 6.07. The fourth-order valence-corrected chi connectivity index (χ4v) is 3.04. The van der Waals surface area contributed by atoms with E-state index in [1.54, 1.807) is 12.2 Å². The van der Waals surface area contributed by atoms with Gasteiger partial charge in [-0.15, -0.1) is 0 Å². The molecule has 0 aromatic rings. The van der Waals surface area contributed by atoms with Crippen LogP contribution in [0.1, 0.15) is 60.3 Å². The average molecular weight is 304 g/mol. The van der Waals surface area contributed by atoms with Crippen molar-refractivity contribution in [2.24, 2.45) is 5.41 Å². The highest BCUT2D eigenvalue weighted by molar-refractivity contribution is 5.98. The Morgan fingerprint density at radius 3 is 2.55 bits per heavy atom. The highest BCUT2D eigenvalue weighted by Crippen LogP contribution is 2.47. The van der Waals surface area contributed by atoms with E-state index in [0.29, 0.717) is 6.42 Å². The van der Waals surface area contributed by atoms with Gasteiger partial charge in [0.05, 0.1) is 0 Å². The summed E-state index contributed by atoms with van der Waals surface area (Å²) in [5.74, 6) is 0.147. The molecule has 0 aromatic carbocycles. The zero-order valence-corrected chi connectivity index (χ0v) is 14.4. The van der Waals surface area contributed by atoms with E-state index in [0.717, 1.165) is 42.3 Å². The second kappa shape index (κ2) is 7.19. The maximum atomic E-state index is 12.4. The van der Waals surface area contributed by atoms with E-state index in [9.17, 15) is 14.7 Å². The van der Waals surface area contributed by atoms with Crippen LogP contribution in [0, 0.1) is 5.41 Å². The molecule has 1 atom stereocenters. The molecule has 0 saturated heterocycles. The molecule has 0 aromatic heterocycles. The summed E-state index contributed by atoms with van der Waals surface area (Å²) in [4.78, 5) is 22.9. The van der Waals surface area contributed by atoms with Crippen LogP contribution in [0.25, 0.3) is 0 Å². The molecule has 0 spiro atoms. The van der Waals surface area contributed by atoms with Crippen molar-refractivity contribution in [2.45, 2.75) is 65.9 Å². The van der Waals surface area contributed by atoms with Gasteiger partial charge >= 0.3 is 0 Å². The van der Waals surface area contributed by atoms with Gasteiger partial charge in [-0.1, -0.05) is 33.3 Å². The number of carbonyl (C=O) groups is 2. The van der Waals surface area contributed by atoms with Gasteiger partial charge in [-0.3, -0.25) is 9.59 Å². The molecule has 0 aliphatic heterocycles. The SMILES string of the molecule is CCCCC1=C(C)C(O)(C=CC(C)=CC=O)C(C)(C)CC1=O. The van der Waals surface area contributed by atoms with Gasteiger partial charge in [0.15, 0.2) is 5.78 Å². The van der Waals surface area contributed by atoms with Crippen LogP contribution in [0.15, 0.2) is 34.9 Å². The summed E-state index contributed by atoms with van der Waals surface area (Å²) < 4.78 is 0. The van der Waals surface area contributed by atoms with Crippen molar-refractivity contribution in [1.29, 1.82) is 0 Å². The summed E-state index contributed by atoms with van der Waals surface area (Å²) in [5.41, 5.74) is 0.561. The molecule has 1 rings (SSSR count). The fourth-order valence-electron chi connectivity index (χ4n) is 3.04. The molecule has 1 unspecified atom stereocenters. The Hall–Kier alpha value is -1.48. The third-order valence-electron chi connectivity index (χ3n) is 4.69. The van der Waals surface area contributed by atoms with Gasteiger partial charge in [0.2, 0.25) is 0 Å². The molecular weight excluding hydrogens is 276 g/mol. The predicted molar refractivity (Wildman–Crippen MR) is 89.5 cm³/mol. The van der Waals surface area contributed by atoms with Gasteiger partial charge in [-0.25, -0.2) is 0 Å². The van der Waals surface area contributed by atoms with E-state index in [2.05, 4.69) is 6.92 Å². The number of carbonyl (C=O) groups excluding carboxylic acids is 2. The Bertz CT molecular complexity index is 535. The number of allylic oxidation sites excluding steroid dienone is 4. The van der Waals surface area contributed by atoms with Crippen LogP contribution in [-0.2, 0) is 9.59 Å². The standard InChI is InChI=1S/C19H28O3/c1-6-7-8-16-15(3)19(22,11-9-14(2)10-12-20)18(4,5)13-17(16)21/h9-12,22H,6-8,13H2,1-5H3. The number of aldehydes is 1. The Morgan fingerprint density at radius 2 is 2.00 bits per heavy atom. The summed E-state index contributed by atoms with van der Waals surface area (Å²) in [7, 11) is 0. The number of ketones is 1. The maximum absolute atomic E-state index is 12.4. The third kappa shape index (κ3) is 3.64. The van der Waals surface area contributed by atoms with Crippen LogP contribution in [-0.4, -0.2) is 22.8 Å². The van der Waals surface area contributed by atoms with Crippen LogP contribution >= 0.6 is 0 Å². The number of unbranched alkanes of at least 4 members (excludes halogenated alkanes) is 1. The van der Waals surface area contributed by atoms with Crippen molar-refractivity contribution < 1.29 is 14.7 Å². The lowest BCUT2D eigenvalue weighted by molar-refractivity contribution is -0.123. The average Bonchev–Trinajstić information content (AvgIpc) is 2.43. The maximum Gasteiger partial charge on any atom is 0.159 e. The number of rotatable bonds is 6. The van der Waals surface area contributed by atoms with Crippen LogP contribution in [0.3, 0.4) is 0 Å². The van der Waals surface area contributed by atoms with Crippen LogP contribution in [0.2, 0.25) is 0 Å². The molecule has 1 aliphatic rings. The second-order valence-electron chi connectivity index (χ2n) is 6.84. The molecule has 0 bridgehead atoms. The van der Waals surface area contributed by atoms with E-state index >= 15 is 0 Å². The summed E-state index contributed by atoms with van der Waals surface area (Å²) in [5, 5.41) is 11.3. The minimum Gasteiger partial charge on any atom is -0.381 e. The Morgan fingerprint density at radius 1 is 1.36 bits per heavy atom. The zero-order chi connectivity index (χ0) is 17.0. The lowest BCUT2D eigenvalue weighted by atomic mass is 9.62. The topological polar surface area (TPSA) is 54.4 Å². The molecule has 3 heteroatoms. The van der Waals surface area contributed by atoms with Crippen LogP contribution < -0.4 is 0 Å². The molecule has 1 N–H and O–H groups in total. The van der Waals surface area contributed by atoms with E-state index in [1.807, 2.05) is 27.7 Å². The van der Waals surface area contributed by atoms with Crippen molar-refractivity contribution in [2.75, 3.05) is 0 Å². The minimum absolute atomic E-state index is 0.147.